The van der Waals surface area contributed by atoms with E-state index in [0.717, 1.165) is 17.5 Å². The fourth-order valence-corrected chi connectivity index (χ4v) is 2.76. The molecule has 1 N–H and O–H groups in total. The van der Waals surface area contributed by atoms with Gasteiger partial charge in [0.05, 0.1) is 5.92 Å². The van der Waals surface area contributed by atoms with Gasteiger partial charge in [-0.05, 0) is 30.0 Å². The normalized spacial score (nSPS) is 16.7. The summed E-state index contributed by atoms with van der Waals surface area (Å²) in [7, 11) is 0. The minimum absolute atomic E-state index is 0.0653. The summed E-state index contributed by atoms with van der Waals surface area (Å²) in [5.74, 6) is -1.36. The molecule has 0 aromatic heterocycles. The van der Waals surface area contributed by atoms with Crippen LogP contribution in [0.15, 0.2) is 48.5 Å². The van der Waals surface area contributed by atoms with E-state index in [1.165, 1.54) is 0 Å². The smallest absolute Gasteiger partial charge is 0.310 e. The van der Waals surface area contributed by atoms with Crippen LogP contribution in [-0.2, 0) is 11.2 Å². The van der Waals surface area contributed by atoms with Gasteiger partial charge < -0.3 is 5.11 Å². The summed E-state index contributed by atoms with van der Waals surface area (Å²) in [6, 6.07) is 14.5. The second kappa shape index (κ2) is 4.93. The van der Waals surface area contributed by atoms with E-state index in [-0.39, 0.29) is 5.78 Å². The van der Waals surface area contributed by atoms with Crippen LogP contribution in [0.25, 0.3) is 0 Å². The molecule has 0 radical (unpaired) electrons. The number of carboxylic acid groups (broad SMARTS) is 1. The van der Waals surface area contributed by atoms with Crippen LogP contribution >= 0.6 is 0 Å². The molecule has 0 aliphatic heterocycles. The topological polar surface area (TPSA) is 54.4 Å². The minimum Gasteiger partial charge on any atom is -0.481 e. The van der Waals surface area contributed by atoms with E-state index >= 15 is 0 Å². The number of aliphatic carboxylic acids is 1. The predicted molar refractivity (Wildman–Crippen MR) is 75.0 cm³/mol. The lowest BCUT2D eigenvalue weighted by molar-refractivity contribution is -0.138. The van der Waals surface area contributed by atoms with Crippen molar-refractivity contribution >= 4 is 11.8 Å². The zero-order chi connectivity index (χ0) is 14.1. The maximum absolute atomic E-state index is 12.4. The molecule has 1 unspecified atom stereocenters. The molecule has 0 bridgehead atoms. The maximum atomic E-state index is 12.4. The highest BCUT2D eigenvalue weighted by atomic mass is 16.4. The van der Waals surface area contributed by atoms with Crippen LogP contribution in [0, 0.1) is 0 Å². The van der Waals surface area contributed by atoms with Gasteiger partial charge in [0.15, 0.2) is 5.78 Å². The second-order valence-corrected chi connectivity index (χ2v) is 5.04. The number of aryl methyl sites for hydroxylation is 1. The van der Waals surface area contributed by atoms with Gasteiger partial charge in [-0.3, -0.25) is 9.59 Å². The first kappa shape index (κ1) is 12.6. The van der Waals surface area contributed by atoms with Crippen LogP contribution in [0.2, 0.25) is 0 Å². The average molecular weight is 266 g/mol. The zero-order valence-electron chi connectivity index (χ0n) is 10.9. The lowest BCUT2D eigenvalue weighted by atomic mass is 9.96. The first-order valence-electron chi connectivity index (χ1n) is 6.62. The van der Waals surface area contributed by atoms with Crippen LogP contribution in [0.1, 0.15) is 39.4 Å². The lowest BCUT2D eigenvalue weighted by Gasteiger charge is -2.08. The lowest BCUT2D eigenvalue weighted by Crippen LogP contribution is -2.09. The summed E-state index contributed by atoms with van der Waals surface area (Å²) < 4.78 is 0. The van der Waals surface area contributed by atoms with Gasteiger partial charge in [0.2, 0.25) is 0 Å². The molecule has 3 nitrogen and oxygen atoms in total. The molecule has 1 aliphatic rings. The van der Waals surface area contributed by atoms with Crippen molar-refractivity contribution in [2.24, 2.45) is 0 Å². The van der Waals surface area contributed by atoms with Crippen molar-refractivity contribution in [3.8, 4) is 0 Å². The molecule has 1 atom stereocenters. The number of rotatable bonds is 3. The number of benzene rings is 2. The van der Waals surface area contributed by atoms with Gasteiger partial charge >= 0.3 is 5.97 Å². The van der Waals surface area contributed by atoms with Crippen molar-refractivity contribution in [2.75, 3.05) is 0 Å². The molecule has 0 amide bonds. The standard InChI is InChI=1S/C17H14O3/c18-16(12-4-2-1-3-5-12)13-7-6-11-8-9-14(17(19)20)15(11)10-13/h1-7,10,14H,8-9H2,(H,19,20). The third-order valence-electron chi connectivity index (χ3n) is 3.82. The minimum atomic E-state index is -0.812. The first-order chi connectivity index (χ1) is 9.66. The molecular weight excluding hydrogens is 252 g/mol. The summed E-state index contributed by atoms with van der Waals surface area (Å²) in [6.45, 7) is 0. The van der Waals surface area contributed by atoms with Gasteiger partial charge in [-0.15, -0.1) is 0 Å². The largest absolute Gasteiger partial charge is 0.481 e. The summed E-state index contributed by atoms with van der Waals surface area (Å²) in [4.78, 5) is 23.6. The average Bonchev–Trinajstić information content (AvgIpc) is 2.90. The van der Waals surface area contributed by atoms with Crippen molar-refractivity contribution in [1.29, 1.82) is 0 Å². The Morgan fingerprint density at radius 3 is 2.45 bits per heavy atom. The molecule has 0 heterocycles. The number of ketones is 1. The highest BCUT2D eigenvalue weighted by Crippen LogP contribution is 2.34. The maximum Gasteiger partial charge on any atom is 0.310 e. The molecule has 2 aromatic carbocycles. The van der Waals surface area contributed by atoms with E-state index in [4.69, 9.17) is 0 Å². The van der Waals surface area contributed by atoms with E-state index in [1.807, 2.05) is 24.3 Å². The number of fused-ring (bicyclic) bond motifs is 1. The summed E-state index contributed by atoms with van der Waals surface area (Å²) in [5, 5.41) is 9.22. The fourth-order valence-electron chi connectivity index (χ4n) is 2.76. The Hall–Kier alpha value is -2.42. The zero-order valence-corrected chi connectivity index (χ0v) is 10.9. The van der Waals surface area contributed by atoms with E-state index in [1.54, 1.807) is 24.3 Å². The van der Waals surface area contributed by atoms with Crippen molar-refractivity contribution in [3.63, 3.8) is 0 Å². The summed E-state index contributed by atoms with van der Waals surface area (Å²) in [6.07, 6.45) is 1.39. The number of hydrogen-bond acceptors (Lipinski definition) is 2. The van der Waals surface area contributed by atoms with Gasteiger partial charge in [0.25, 0.3) is 0 Å². The molecule has 3 heteroatoms. The fraction of sp³-hybridized carbons (Fsp3) is 0.176. The molecule has 0 saturated carbocycles. The Kier molecular flexibility index (Phi) is 3.11. The van der Waals surface area contributed by atoms with Crippen molar-refractivity contribution in [1.82, 2.24) is 0 Å². The first-order valence-corrected chi connectivity index (χ1v) is 6.62. The van der Waals surface area contributed by atoms with Gasteiger partial charge in [-0.25, -0.2) is 0 Å². The van der Waals surface area contributed by atoms with Crippen LogP contribution in [0.5, 0.6) is 0 Å². The quantitative estimate of drug-likeness (QED) is 0.869. The number of carboxylic acids is 1. The van der Waals surface area contributed by atoms with Crippen molar-refractivity contribution in [2.45, 2.75) is 18.8 Å². The van der Waals surface area contributed by atoms with E-state index in [2.05, 4.69) is 0 Å². The van der Waals surface area contributed by atoms with Gasteiger partial charge in [0, 0.05) is 11.1 Å². The molecule has 3 rings (SSSR count). The molecule has 1 aliphatic carbocycles. The molecule has 0 fully saturated rings. The predicted octanol–water partition coefficient (Wildman–Crippen LogP) is 3.03. The van der Waals surface area contributed by atoms with E-state index in [0.29, 0.717) is 17.5 Å². The Morgan fingerprint density at radius 2 is 1.75 bits per heavy atom. The van der Waals surface area contributed by atoms with Gasteiger partial charge in [-0.2, -0.15) is 0 Å². The molecule has 2 aromatic rings. The monoisotopic (exact) mass is 266 g/mol. The van der Waals surface area contributed by atoms with Gasteiger partial charge in [0.1, 0.15) is 0 Å². The molecule has 100 valence electrons. The highest BCUT2D eigenvalue weighted by Gasteiger charge is 2.29. The third-order valence-corrected chi connectivity index (χ3v) is 3.82. The Labute approximate surface area is 116 Å². The molecular formula is C17H14O3. The number of carbonyl (C=O) groups excluding carboxylic acids is 1. The summed E-state index contributed by atoms with van der Waals surface area (Å²) >= 11 is 0. The summed E-state index contributed by atoms with van der Waals surface area (Å²) in [5.41, 5.74) is 3.02. The molecule has 0 spiro atoms. The second-order valence-electron chi connectivity index (χ2n) is 5.04. The highest BCUT2D eigenvalue weighted by molar-refractivity contribution is 6.09. The van der Waals surface area contributed by atoms with Crippen molar-refractivity contribution in [3.05, 3.63) is 70.8 Å². The Balaban J connectivity index is 1.99. The van der Waals surface area contributed by atoms with Gasteiger partial charge in [-0.1, -0.05) is 42.5 Å². The van der Waals surface area contributed by atoms with Crippen LogP contribution in [0.4, 0.5) is 0 Å². The number of hydrogen-bond donors (Lipinski definition) is 1. The number of carbonyl (C=O) groups is 2. The van der Waals surface area contributed by atoms with Crippen LogP contribution in [0.3, 0.4) is 0 Å². The SMILES string of the molecule is O=C(c1ccccc1)c1ccc2c(c1)C(C(=O)O)CC2. The Bertz CT molecular complexity index is 674. The van der Waals surface area contributed by atoms with Crippen molar-refractivity contribution < 1.29 is 14.7 Å². The van der Waals surface area contributed by atoms with Crippen LogP contribution in [-0.4, -0.2) is 16.9 Å². The molecule has 20 heavy (non-hydrogen) atoms. The van der Waals surface area contributed by atoms with E-state index in [9.17, 15) is 14.7 Å². The Morgan fingerprint density at radius 1 is 1.00 bits per heavy atom. The van der Waals surface area contributed by atoms with E-state index < -0.39 is 11.9 Å². The van der Waals surface area contributed by atoms with Crippen LogP contribution < -0.4 is 0 Å². The third kappa shape index (κ3) is 2.11. The molecule has 0 saturated heterocycles.